The average molecular weight is 147 g/mol. The quantitative estimate of drug-likeness (QED) is 0.582. The van der Waals surface area contributed by atoms with Gasteiger partial charge in [-0.15, -0.1) is 0 Å². The molecule has 1 aromatic carbocycles. The van der Waals surface area contributed by atoms with Crippen molar-refractivity contribution in [3.63, 3.8) is 0 Å². The Hall–Kier alpha value is -1.11. The van der Waals surface area contributed by atoms with E-state index in [1.54, 1.807) is 0 Å². The Balaban J connectivity index is 2.57. The lowest BCUT2D eigenvalue weighted by Crippen LogP contribution is -2.01. The predicted octanol–water partition coefficient (Wildman–Crippen LogP) is 2.32. The van der Waals surface area contributed by atoms with Crippen LogP contribution in [0.5, 0.6) is 0 Å². The van der Waals surface area contributed by atoms with E-state index in [-0.39, 0.29) is 0 Å². The molecule has 0 aromatic heterocycles. The molecule has 0 heterocycles. The van der Waals surface area contributed by atoms with Crippen molar-refractivity contribution >= 4 is 6.72 Å². The lowest BCUT2D eigenvalue weighted by atomic mass is 10.1. The van der Waals surface area contributed by atoms with Gasteiger partial charge in [0.25, 0.3) is 0 Å². The van der Waals surface area contributed by atoms with Crippen LogP contribution in [0.4, 0.5) is 0 Å². The third-order valence-electron chi connectivity index (χ3n) is 1.69. The minimum atomic E-state index is 0.331. The minimum absolute atomic E-state index is 0.331. The fourth-order valence-corrected chi connectivity index (χ4v) is 1.02. The van der Waals surface area contributed by atoms with Crippen molar-refractivity contribution < 1.29 is 0 Å². The highest BCUT2D eigenvalue weighted by Gasteiger charge is 1.97. The molecule has 0 radical (unpaired) electrons. The summed E-state index contributed by atoms with van der Waals surface area (Å²) >= 11 is 0. The lowest BCUT2D eigenvalue weighted by molar-refractivity contribution is 0.746. The van der Waals surface area contributed by atoms with Gasteiger partial charge in [0.05, 0.1) is 6.04 Å². The second-order valence-electron chi connectivity index (χ2n) is 2.72. The van der Waals surface area contributed by atoms with Crippen LogP contribution in [0.3, 0.4) is 0 Å². The number of hydrogen-bond donors (Lipinski definition) is 0. The van der Waals surface area contributed by atoms with Crippen molar-refractivity contribution in [1.82, 2.24) is 0 Å². The highest BCUT2D eigenvalue weighted by molar-refractivity contribution is 5.25. The van der Waals surface area contributed by atoms with Crippen molar-refractivity contribution in [1.29, 1.82) is 0 Å². The van der Waals surface area contributed by atoms with Crippen molar-refractivity contribution in [3.05, 3.63) is 35.9 Å². The summed E-state index contributed by atoms with van der Waals surface area (Å²) in [7, 11) is 0. The molecule has 0 saturated carbocycles. The zero-order valence-corrected chi connectivity index (χ0v) is 6.83. The molecule has 1 atom stereocenters. The molecule has 0 fully saturated rings. The van der Waals surface area contributed by atoms with Gasteiger partial charge in [0, 0.05) is 0 Å². The second-order valence-corrected chi connectivity index (χ2v) is 2.72. The number of hydrogen-bond acceptors (Lipinski definition) is 1. The van der Waals surface area contributed by atoms with Crippen LogP contribution in [0.2, 0.25) is 0 Å². The van der Waals surface area contributed by atoms with Gasteiger partial charge in [0.15, 0.2) is 0 Å². The van der Waals surface area contributed by atoms with E-state index in [0.717, 1.165) is 6.42 Å². The zero-order valence-electron chi connectivity index (χ0n) is 6.83. The molecular weight excluding hydrogens is 134 g/mol. The fourth-order valence-electron chi connectivity index (χ4n) is 1.02. The van der Waals surface area contributed by atoms with Gasteiger partial charge < -0.3 is 0 Å². The number of benzene rings is 1. The summed E-state index contributed by atoms with van der Waals surface area (Å²) in [6.07, 6.45) is 0.990. The Morgan fingerprint density at radius 1 is 1.36 bits per heavy atom. The lowest BCUT2D eigenvalue weighted by Gasteiger charge is -2.03. The van der Waals surface area contributed by atoms with Crippen LogP contribution in [0.1, 0.15) is 12.5 Å². The van der Waals surface area contributed by atoms with Gasteiger partial charge in [0.1, 0.15) is 0 Å². The molecule has 0 aliphatic rings. The van der Waals surface area contributed by atoms with Gasteiger partial charge in [0.2, 0.25) is 0 Å². The van der Waals surface area contributed by atoms with Crippen LogP contribution in [0.25, 0.3) is 0 Å². The van der Waals surface area contributed by atoms with E-state index in [1.165, 1.54) is 5.56 Å². The van der Waals surface area contributed by atoms with Crippen LogP contribution < -0.4 is 0 Å². The van der Waals surface area contributed by atoms with Crippen molar-refractivity contribution in [3.8, 4) is 0 Å². The first-order valence-electron chi connectivity index (χ1n) is 3.82. The van der Waals surface area contributed by atoms with E-state index in [9.17, 15) is 0 Å². The summed E-state index contributed by atoms with van der Waals surface area (Å²) in [4.78, 5) is 3.93. The second kappa shape index (κ2) is 3.91. The molecule has 1 heteroatoms. The topological polar surface area (TPSA) is 12.4 Å². The van der Waals surface area contributed by atoms with Crippen LogP contribution in [0, 0.1) is 0 Å². The zero-order chi connectivity index (χ0) is 8.10. The summed E-state index contributed by atoms with van der Waals surface area (Å²) < 4.78 is 0. The molecule has 58 valence electrons. The molecule has 0 aliphatic carbocycles. The molecule has 1 rings (SSSR count). The van der Waals surface area contributed by atoms with E-state index >= 15 is 0 Å². The van der Waals surface area contributed by atoms with Crippen LogP contribution in [0.15, 0.2) is 35.3 Å². The van der Waals surface area contributed by atoms with E-state index in [4.69, 9.17) is 0 Å². The van der Waals surface area contributed by atoms with Gasteiger partial charge >= 0.3 is 0 Å². The SMILES string of the molecule is C=NC(C)Cc1ccccc1. The summed E-state index contributed by atoms with van der Waals surface area (Å²) in [6, 6.07) is 10.7. The number of aliphatic imine (C=N–C) groups is 1. The van der Waals surface area contributed by atoms with Crippen molar-refractivity contribution in [2.75, 3.05) is 0 Å². The molecular formula is C10H13N. The molecule has 0 aliphatic heterocycles. The molecule has 0 amide bonds. The third-order valence-corrected chi connectivity index (χ3v) is 1.69. The van der Waals surface area contributed by atoms with E-state index in [1.807, 2.05) is 18.2 Å². The maximum absolute atomic E-state index is 3.93. The Kier molecular flexibility index (Phi) is 2.84. The Labute approximate surface area is 67.8 Å². The molecule has 0 saturated heterocycles. The van der Waals surface area contributed by atoms with Gasteiger partial charge in [-0.3, -0.25) is 4.99 Å². The highest BCUT2D eigenvalue weighted by atomic mass is 14.7. The molecule has 1 unspecified atom stereocenters. The maximum atomic E-state index is 3.93. The monoisotopic (exact) mass is 147 g/mol. The first-order chi connectivity index (χ1) is 5.33. The standard InChI is InChI=1S/C10H13N/c1-9(11-2)8-10-6-4-3-5-7-10/h3-7,9H,2,8H2,1H3. The van der Waals surface area contributed by atoms with Crippen LogP contribution in [-0.2, 0) is 6.42 Å². The van der Waals surface area contributed by atoms with Gasteiger partial charge in [-0.25, -0.2) is 0 Å². The highest BCUT2D eigenvalue weighted by Crippen LogP contribution is 2.03. The van der Waals surface area contributed by atoms with Crippen LogP contribution in [-0.4, -0.2) is 12.8 Å². The van der Waals surface area contributed by atoms with E-state index in [2.05, 4.69) is 30.8 Å². The summed E-state index contributed by atoms with van der Waals surface area (Å²) in [5.74, 6) is 0. The molecule has 0 spiro atoms. The summed E-state index contributed by atoms with van der Waals surface area (Å²) in [5.41, 5.74) is 1.33. The Morgan fingerprint density at radius 2 is 2.00 bits per heavy atom. The largest absolute Gasteiger partial charge is 0.298 e. The number of nitrogens with zero attached hydrogens (tertiary/aromatic N) is 1. The minimum Gasteiger partial charge on any atom is -0.298 e. The maximum Gasteiger partial charge on any atom is 0.0504 e. The molecule has 11 heavy (non-hydrogen) atoms. The first-order valence-corrected chi connectivity index (χ1v) is 3.82. The van der Waals surface area contributed by atoms with Gasteiger partial charge in [-0.05, 0) is 25.6 Å². The normalized spacial score (nSPS) is 12.5. The predicted molar refractivity (Wildman–Crippen MR) is 49.2 cm³/mol. The van der Waals surface area contributed by atoms with Crippen molar-refractivity contribution in [2.45, 2.75) is 19.4 Å². The molecule has 1 aromatic rings. The molecule has 0 N–H and O–H groups in total. The van der Waals surface area contributed by atoms with E-state index < -0.39 is 0 Å². The Morgan fingerprint density at radius 3 is 2.55 bits per heavy atom. The summed E-state index contributed by atoms with van der Waals surface area (Å²) in [5, 5.41) is 0. The first kappa shape index (κ1) is 7.99. The molecule has 1 nitrogen and oxygen atoms in total. The van der Waals surface area contributed by atoms with Gasteiger partial charge in [-0.1, -0.05) is 30.3 Å². The van der Waals surface area contributed by atoms with Crippen molar-refractivity contribution in [2.24, 2.45) is 4.99 Å². The van der Waals surface area contributed by atoms with Crippen LogP contribution >= 0.6 is 0 Å². The smallest absolute Gasteiger partial charge is 0.0504 e. The van der Waals surface area contributed by atoms with E-state index in [0.29, 0.717) is 6.04 Å². The fraction of sp³-hybridized carbons (Fsp3) is 0.300. The van der Waals surface area contributed by atoms with Gasteiger partial charge in [-0.2, -0.15) is 0 Å². The number of rotatable bonds is 3. The Bertz CT molecular complexity index is 216. The third kappa shape index (κ3) is 2.54. The summed E-state index contributed by atoms with van der Waals surface area (Å²) in [6.45, 7) is 5.58. The average Bonchev–Trinajstić information content (AvgIpc) is 2.06. The molecule has 0 bridgehead atoms.